The van der Waals surface area contributed by atoms with Gasteiger partial charge in [0.25, 0.3) is 5.69 Å². The molecule has 0 spiro atoms. The summed E-state index contributed by atoms with van der Waals surface area (Å²) in [6.45, 7) is 0. The molecule has 4 atom stereocenters. The second kappa shape index (κ2) is 5.76. The third kappa shape index (κ3) is 2.82. The van der Waals surface area contributed by atoms with Crippen molar-refractivity contribution in [2.24, 2.45) is 0 Å². The number of carbonyl (C=O) groups excluding carboxylic acids is 1. The summed E-state index contributed by atoms with van der Waals surface area (Å²) < 4.78 is 17.4. The van der Waals surface area contributed by atoms with Crippen molar-refractivity contribution in [1.29, 1.82) is 0 Å². The standard InChI is InChI=1S/C13H13NO5S2/c15-13(8-4-6-9(7-5-8)14(16)17)19-12-10-2-1-3-11(12)21(18)20-10/h4-7,10-12H,1-3H2/t10-,11+,12+,21?/m0/s1. The summed E-state index contributed by atoms with van der Waals surface area (Å²) in [7, 11) is 0.403. The zero-order valence-corrected chi connectivity index (χ0v) is 12.6. The van der Waals surface area contributed by atoms with E-state index in [1.165, 1.54) is 35.1 Å². The van der Waals surface area contributed by atoms with Gasteiger partial charge in [0, 0.05) is 12.1 Å². The summed E-state index contributed by atoms with van der Waals surface area (Å²) in [5.41, 5.74) is 0.210. The average molecular weight is 327 g/mol. The highest BCUT2D eigenvalue weighted by atomic mass is 33.1. The van der Waals surface area contributed by atoms with E-state index < -0.39 is 20.7 Å². The molecule has 1 saturated heterocycles. The molecular weight excluding hydrogens is 314 g/mol. The monoisotopic (exact) mass is 327 g/mol. The zero-order valence-electron chi connectivity index (χ0n) is 11.0. The molecule has 1 saturated carbocycles. The maximum atomic E-state index is 12.1. The van der Waals surface area contributed by atoms with E-state index in [0.717, 1.165) is 19.3 Å². The van der Waals surface area contributed by atoms with Crippen LogP contribution < -0.4 is 0 Å². The van der Waals surface area contributed by atoms with Gasteiger partial charge in [-0.3, -0.25) is 10.1 Å². The van der Waals surface area contributed by atoms with Gasteiger partial charge in [0.05, 0.1) is 30.8 Å². The lowest BCUT2D eigenvalue weighted by Gasteiger charge is -2.26. The number of nitro benzene ring substituents is 1. The van der Waals surface area contributed by atoms with Crippen molar-refractivity contribution in [2.75, 3.05) is 0 Å². The topological polar surface area (TPSA) is 86.5 Å². The minimum absolute atomic E-state index is 0.0686. The highest BCUT2D eigenvalue weighted by Crippen LogP contribution is 2.44. The molecule has 3 rings (SSSR count). The van der Waals surface area contributed by atoms with Crippen molar-refractivity contribution in [3.05, 3.63) is 39.9 Å². The lowest BCUT2D eigenvalue weighted by Crippen LogP contribution is -2.38. The van der Waals surface area contributed by atoms with Crippen LogP contribution in [0.3, 0.4) is 0 Å². The third-order valence-electron chi connectivity index (χ3n) is 3.73. The molecule has 21 heavy (non-hydrogen) atoms. The number of hydrogen-bond donors (Lipinski definition) is 0. The Morgan fingerprint density at radius 3 is 2.67 bits per heavy atom. The van der Waals surface area contributed by atoms with E-state index in [1.807, 2.05) is 0 Å². The molecule has 6 nitrogen and oxygen atoms in total. The lowest BCUT2D eigenvalue weighted by molar-refractivity contribution is -0.384. The predicted octanol–water partition coefficient (Wildman–Crippen LogP) is 2.45. The Labute approximate surface area is 127 Å². The second-order valence-electron chi connectivity index (χ2n) is 5.04. The molecule has 1 aliphatic heterocycles. The fourth-order valence-electron chi connectivity index (χ4n) is 2.65. The Balaban J connectivity index is 1.72. The molecule has 0 N–H and O–H groups in total. The number of ether oxygens (including phenoxy) is 1. The van der Waals surface area contributed by atoms with E-state index in [0.29, 0.717) is 0 Å². The van der Waals surface area contributed by atoms with Crippen LogP contribution in [0.5, 0.6) is 0 Å². The fourth-order valence-corrected chi connectivity index (χ4v) is 6.97. The number of nitro groups is 1. The summed E-state index contributed by atoms with van der Waals surface area (Å²) in [6, 6.07) is 5.32. The minimum atomic E-state index is -0.991. The summed E-state index contributed by atoms with van der Waals surface area (Å²) in [4.78, 5) is 22.2. The third-order valence-corrected chi connectivity index (χ3v) is 7.72. The molecular formula is C13H13NO5S2. The second-order valence-corrected chi connectivity index (χ2v) is 8.53. The molecule has 0 radical (unpaired) electrons. The van der Waals surface area contributed by atoms with E-state index in [1.54, 1.807) is 0 Å². The normalized spacial score (nSPS) is 30.9. The van der Waals surface area contributed by atoms with Crippen LogP contribution in [-0.4, -0.2) is 31.7 Å². The van der Waals surface area contributed by atoms with E-state index in [2.05, 4.69) is 0 Å². The van der Waals surface area contributed by atoms with Gasteiger partial charge < -0.3 is 4.74 Å². The van der Waals surface area contributed by atoms with Crippen molar-refractivity contribution in [3.63, 3.8) is 0 Å². The Kier molecular flexibility index (Phi) is 3.99. The first kappa shape index (κ1) is 14.5. The molecule has 1 aliphatic carbocycles. The Morgan fingerprint density at radius 2 is 2.05 bits per heavy atom. The van der Waals surface area contributed by atoms with Gasteiger partial charge in [-0.05, 0) is 25.0 Å². The number of esters is 1. The molecule has 2 fully saturated rings. The minimum Gasteiger partial charge on any atom is -0.456 e. The van der Waals surface area contributed by atoms with Crippen LogP contribution in [0.15, 0.2) is 24.3 Å². The van der Waals surface area contributed by atoms with Crippen LogP contribution >= 0.6 is 10.8 Å². The van der Waals surface area contributed by atoms with Crippen LogP contribution in [-0.2, 0) is 14.6 Å². The van der Waals surface area contributed by atoms with Gasteiger partial charge in [0.2, 0.25) is 0 Å². The summed E-state index contributed by atoms with van der Waals surface area (Å²) >= 11 is 0. The first-order valence-corrected chi connectivity index (χ1v) is 9.20. The van der Waals surface area contributed by atoms with Crippen LogP contribution in [0, 0.1) is 10.1 Å². The van der Waals surface area contributed by atoms with Gasteiger partial charge >= 0.3 is 5.97 Å². The highest BCUT2D eigenvalue weighted by molar-refractivity contribution is 8.70. The van der Waals surface area contributed by atoms with E-state index in [-0.39, 0.29) is 27.9 Å². The van der Waals surface area contributed by atoms with Gasteiger partial charge in [0.15, 0.2) is 0 Å². The molecule has 0 aromatic heterocycles. The molecule has 8 heteroatoms. The molecule has 1 aromatic rings. The number of fused-ring (bicyclic) bond motifs is 2. The van der Waals surface area contributed by atoms with Crippen LogP contribution in [0.4, 0.5) is 5.69 Å². The first-order valence-electron chi connectivity index (χ1n) is 6.59. The highest BCUT2D eigenvalue weighted by Gasteiger charge is 2.47. The largest absolute Gasteiger partial charge is 0.456 e. The van der Waals surface area contributed by atoms with Gasteiger partial charge in [-0.2, -0.15) is 0 Å². The number of hydrogen-bond acceptors (Lipinski definition) is 6. The average Bonchev–Trinajstić information content (AvgIpc) is 2.65. The smallest absolute Gasteiger partial charge is 0.338 e. The van der Waals surface area contributed by atoms with Crippen LogP contribution in [0.1, 0.15) is 29.6 Å². The number of rotatable bonds is 3. The maximum Gasteiger partial charge on any atom is 0.338 e. The van der Waals surface area contributed by atoms with Crippen LogP contribution in [0.2, 0.25) is 0 Å². The molecule has 0 amide bonds. The van der Waals surface area contributed by atoms with E-state index in [4.69, 9.17) is 4.74 Å². The molecule has 112 valence electrons. The van der Waals surface area contributed by atoms with Gasteiger partial charge in [-0.1, -0.05) is 17.2 Å². The molecule has 1 heterocycles. The zero-order chi connectivity index (χ0) is 15.0. The van der Waals surface area contributed by atoms with Crippen molar-refractivity contribution < 1.29 is 18.7 Å². The summed E-state index contributed by atoms with van der Waals surface area (Å²) in [5, 5.41) is 10.6. The summed E-state index contributed by atoms with van der Waals surface area (Å²) in [5.74, 6) is -0.508. The van der Waals surface area contributed by atoms with Crippen molar-refractivity contribution in [1.82, 2.24) is 0 Å². The molecule has 2 bridgehead atoms. The Hall–Kier alpha value is -1.41. The number of non-ortho nitro benzene ring substituents is 1. The van der Waals surface area contributed by atoms with Crippen LogP contribution in [0.25, 0.3) is 0 Å². The molecule has 1 aromatic carbocycles. The summed E-state index contributed by atoms with van der Waals surface area (Å²) in [6.07, 6.45) is 2.42. The number of benzene rings is 1. The van der Waals surface area contributed by atoms with Crippen molar-refractivity contribution >= 4 is 32.3 Å². The molecule has 2 aliphatic rings. The Bertz CT molecular complexity index is 603. The van der Waals surface area contributed by atoms with Gasteiger partial charge in [0.1, 0.15) is 6.10 Å². The SMILES string of the molecule is O=C(O[C@@H]1[C@@H]2CCC[C@H]1S(=O)S2)c1ccc([N+](=O)[O-])cc1. The number of nitrogens with zero attached hydrogens (tertiary/aromatic N) is 1. The first-order chi connectivity index (χ1) is 10.1. The predicted molar refractivity (Wildman–Crippen MR) is 79.5 cm³/mol. The van der Waals surface area contributed by atoms with Crippen molar-refractivity contribution in [2.45, 2.75) is 35.9 Å². The van der Waals surface area contributed by atoms with E-state index >= 15 is 0 Å². The lowest BCUT2D eigenvalue weighted by atomic mass is 9.96. The maximum absolute atomic E-state index is 12.1. The quantitative estimate of drug-likeness (QED) is 0.367. The van der Waals surface area contributed by atoms with Crippen molar-refractivity contribution in [3.8, 4) is 0 Å². The molecule has 1 unspecified atom stereocenters. The fraction of sp³-hybridized carbons (Fsp3) is 0.462. The van der Waals surface area contributed by atoms with Gasteiger partial charge in [-0.25, -0.2) is 9.00 Å². The Morgan fingerprint density at radius 1 is 1.33 bits per heavy atom. The van der Waals surface area contributed by atoms with E-state index in [9.17, 15) is 19.1 Å². The van der Waals surface area contributed by atoms with Gasteiger partial charge in [-0.15, -0.1) is 0 Å². The number of carbonyl (C=O) groups is 1.